The van der Waals surface area contributed by atoms with Gasteiger partial charge in [0, 0.05) is 37.8 Å². The van der Waals surface area contributed by atoms with E-state index in [2.05, 4.69) is 42.3 Å². The summed E-state index contributed by atoms with van der Waals surface area (Å²) in [6.45, 7) is 7.41. The van der Waals surface area contributed by atoms with Gasteiger partial charge >= 0.3 is 0 Å². The van der Waals surface area contributed by atoms with Crippen LogP contribution >= 0.6 is 12.2 Å². The lowest BCUT2D eigenvalue weighted by molar-refractivity contribution is -0.137. The third kappa shape index (κ3) is 4.51. The van der Waals surface area contributed by atoms with Gasteiger partial charge in [-0.05, 0) is 62.2 Å². The molecule has 1 saturated carbocycles. The van der Waals surface area contributed by atoms with Gasteiger partial charge < -0.3 is 15.1 Å². The van der Waals surface area contributed by atoms with Crippen molar-refractivity contribution in [2.45, 2.75) is 46.0 Å². The fourth-order valence-corrected chi connectivity index (χ4v) is 4.06. The second-order valence-electron chi connectivity index (χ2n) is 7.38. The number of anilines is 1. The summed E-state index contributed by atoms with van der Waals surface area (Å²) in [5.74, 6) is 0.633. The summed E-state index contributed by atoms with van der Waals surface area (Å²) in [5, 5.41) is 4.10. The predicted molar refractivity (Wildman–Crippen MR) is 107 cm³/mol. The normalized spacial score (nSPS) is 19.0. The van der Waals surface area contributed by atoms with Crippen LogP contribution < -0.4 is 5.32 Å². The highest BCUT2D eigenvalue weighted by Gasteiger charge is 2.28. The Morgan fingerprint density at radius 3 is 2.28 bits per heavy atom. The zero-order valence-electron chi connectivity index (χ0n) is 15.4. The van der Waals surface area contributed by atoms with Crippen molar-refractivity contribution >= 4 is 28.9 Å². The molecule has 1 aromatic rings. The summed E-state index contributed by atoms with van der Waals surface area (Å²) in [5.41, 5.74) is 3.58. The topological polar surface area (TPSA) is 35.6 Å². The molecule has 0 bridgehead atoms. The summed E-state index contributed by atoms with van der Waals surface area (Å²) in [6.07, 6.45) is 5.86. The van der Waals surface area contributed by atoms with Crippen molar-refractivity contribution in [2.24, 2.45) is 5.92 Å². The number of carbonyl (C=O) groups is 1. The van der Waals surface area contributed by atoms with Crippen LogP contribution in [0.5, 0.6) is 0 Å². The molecule has 1 N–H and O–H groups in total. The van der Waals surface area contributed by atoms with Gasteiger partial charge in [-0.3, -0.25) is 4.79 Å². The molecule has 1 saturated heterocycles. The largest absolute Gasteiger partial charge is 0.345 e. The van der Waals surface area contributed by atoms with Crippen molar-refractivity contribution in [3.8, 4) is 0 Å². The molecule has 0 spiro atoms. The molecule has 0 radical (unpaired) electrons. The summed E-state index contributed by atoms with van der Waals surface area (Å²) < 4.78 is 0. The Balaban J connectivity index is 1.50. The number of thiocarbonyl (C=S) groups is 1. The van der Waals surface area contributed by atoms with E-state index in [0.29, 0.717) is 5.91 Å². The minimum absolute atomic E-state index is 0.265. The van der Waals surface area contributed by atoms with Crippen molar-refractivity contribution in [2.75, 3.05) is 31.5 Å². The molecule has 3 rings (SSSR count). The number of nitrogens with one attached hydrogen (secondary N) is 1. The monoisotopic (exact) mass is 359 g/mol. The van der Waals surface area contributed by atoms with Gasteiger partial charge in [-0.25, -0.2) is 0 Å². The summed E-state index contributed by atoms with van der Waals surface area (Å²) in [4.78, 5) is 16.9. The molecular formula is C20H29N3OS. The number of hydrogen-bond acceptors (Lipinski definition) is 2. The fourth-order valence-electron chi connectivity index (χ4n) is 3.76. The maximum absolute atomic E-state index is 12.6. The quantitative estimate of drug-likeness (QED) is 0.816. The first-order valence-corrected chi connectivity index (χ1v) is 9.87. The van der Waals surface area contributed by atoms with Gasteiger partial charge in [-0.15, -0.1) is 0 Å². The van der Waals surface area contributed by atoms with Gasteiger partial charge in [0.2, 0.25) is 5.91 Å². The number of rotatable bonds is 2. The number of benzene rings is 1. The Labute approximate surface area is 156 Å². The van der Waals surface area contributed by atoms with Gasteiger partial charge in [0.25, 0.3) is 0 Å². The number of amides is 1. The summed E-state index contributed by atoms with van der Waals surface area (Å²) in [6, 6.07) is 6.31. The average Bonchev–Trinajstić information content (AvgIpc) is 2.65. The van der Waals surface area contributed by atoms with E-state index >= 15 is 0 Å². The van der Waals surface area contributed by atoms with E-state index in [-0.39, 0.29) is 5.92 Å². The van der Waals surface area contributed by atoms with E-state index in [1.54, 1.807) is 0 Å². The molecule has 1 aromatic carbocycles. The first-order chi connectivity index (χ1) is 12.0. The molecule has 1 heterocycles. The van der Waals surface area contributed by atoms with Gasteiger partial charge in [-0.2, -0.15) is 0 Å². The minimum atomic E-state index is 0.265. The molecule has 25 heavy (non-hydrogen) atoms. The van der Waals surface area contributed by atoms with E-state index in [4.69, 9.17) is 12.2 Å². The highest BCUT2D eigenvalue weighted by Crippen LogP contribution is 2.26. The number of aryl methyl sites for hydroxylation is 2. The van der Waals surface area contributed by atoms with Crippen LogP contribution in [0.3, 0.4) is 0 Å². The molecule has 0 unspecified atom stereocenters. The minimum Gasteiger partial charge on any atom is -0.345 e. The zero-order chi connectivity index (χ0) is 17.8. The molecule has 1 aliphatic carbocycles. The van der Waals surface area contributed by atoms with Crippen LogP contribution in [0.25, 0.3) is 0 Å². The van der Waals surface area contributed by atoms with Crippen molar-refractivity contribution in [1.29, 1.82) is 0 Å². The molecule has 5 heteroatoms. The van der Waals surface area contributed by atoms with E-state index < -0.39 is 0 Å². The Morgan fingerprint density at radius 2 is 1.64 bits per heavy atom. The first kappa shape index (κ1) is 18.2. The molecular weight excluding hydrogens is 330 g/mol. The Bertz CT molecular complexity index is 632. The Morgan fingerprint density at radius 1 is 1.00 bits per heavy atom. The molecule has 0 aromatic heterocycles. The molecule has 136 valence electrons. The smallest absolute Gasteiger partial charge is 0.225 e. The molecule has 0 atom stereocenters. The number of piperazine rings is 1. The van der Waals surface area contributed by atoms with Crippen LogP contribution in [0.4, 0.5) is 5.69 Å². The van der Waals surface area contributed by atoms with E-state index in [1.165, 1.54) is 30.4 Å². The number of carbonyl (C=O) groups excluding carboxylic acids is 1. The van der Waals surface area contributed by atoms with E-state index in [1.807, 2.05) is 4.90 Å². The summed E-state index contributed by atoms with van der Waals surface area (Å²) in [7, 11) is 0. The molecule has 4 nitrogen and oxygen atoms in total. The van der Waals surface area contributed by atoms with Crippen molar-refractivity contribution in [1.82, 2.24) is 9.80 Å². The summed E-state index contributed by atoms with van der Waals surface area (Å²) >= 11 is 5.57. The standard InChI is InChI=1S/C20H29N3OS/c1-15-8-9-18(14-16(15)2)21-20(25)23-12-10-22(11-13-23)19(24)17-6-4-3-5-7-17/h8-9,14,17H,3-7,10-13H2,1-2H3,(H,21,25). The molecule has 1 amide bonds. The molecule has 1 aliphatic heterocycles. The SMILES string of the molecule is Cc1ccc(NC(=S)N2CCN(C(=O)C3CCCCC3)CC2)cc1C. The third-order valence-electron chi connectivity index (χ3n) is 5.59. The van der Waals surface area contributed by atoms with Crippen molar-refractivity contribution in [3.63, 3.8) is 0 Å². The lowest BCUT2D eigenvalue weighted by atomic mass is 9.88. The van der Waals surface area contributed by atoms with Gasteiger partial charge in [0.05, 0.1) is 0 Å². The lowest BCUT2D eigenvalue weighted by Gasteiger charge is -2.38. The fraction of sp³-hybridized carbons (Fsp3) is 0.600. The average molecular weight is 360 g/mol. The van der Waals surface area contributed by atoms with Gasteiger partial charge in [0.1, 0.15) is 0 Å². The predicted octanol–water partition coefficient (Wildman–Crippen LogP) is 3.72. The van der Waals surface area contributed by atoms with Crippen LogP contribution in [-0.2, 0) is 4.79 Å². The molecule has 2 aliphatic rings. The van der Waals surface area contributed by atoms with Crippen LogP contribution in [0.15, 0.2) is 18.2 Å². The molecule has 2 fully saturated rings. The van der Waals surface area contributed by atoms with Crippen LogP contribution in [-0.4, -0.2) is 47.0 Å². The van der Waals surface area contributed by atoms with Crippen LogP contribution in [0.1, 0.15) is 43.2 Å². The second kappa shape index (κ2) is 8.17. The van der Waals surface area contributed by atoms with Gasteiger partial charge in [-0.1, -0.05) is 25.3 Å². The van der Waals surface area contributed by atoms with Crippen LogP contribution in [0.2, 0.25) is 0 Å². The maximum atomic E-state index is 12.6. The Kier molecular flexibility index (Phi) is 5.94. The van der Waals surface area contributed by atoms with Gasteiger partial charge in [0.15, 0.2) is 5.11 Å². The van der Waals surface area contributed by atoms with Crippen LogP contribution in [0, 0.1) is 19.8 Å². The van der Waals surface area contributed by atoms with Crippen molar-refractivity contribution in [3.05, 3.63) is 29.3 Å². The van der Waals surface area contributed by atoms with Crippen molar-refractivity contribution < 1.29 is 4.79 Å². The first-order valence-electron chi connectivity index (χ1n) is 9.46. The second-order valence-corrected chi connectivity index (χ2v) is 7.76. The number of nitrogens with zero attached hydrogens (tertiary/aromatic N) is 2. The highest BCUT2D eigenvalue weighted by molar-refractivity contribution is 7.80. The maximum Gasteiger partial charge on any atom is 0.225 e. The highest BCUT2D eigenvalue weighted by atomic mass is 32.1. The zero-order valence-corrected chi connectivity index (χ0v) is 16.2. The lowest BCUT2D eigenvalue weighted by Crippen LogP contribution is -2.53. The Hall–Kier alpha value is -1.62. The third-order valence-corrected chi connectivity index (χ3v) is 5.95. The number of hydrogen-bond donors (Lipinski definition) is 1. The van der Waals surface area contributed by atoms with E-state index in [0.717, 1.165) is 49.8 Å². The van der Waals surface area contributed by atoms with E-state index in [9.17, 15) is 4.79 Å².